The lowest BCUT2D eigenvalue weighted by atomic mass is 10.0. The van der Waals surface area contributed by atoms with Gasteiger partial charge in [0.1, 0.15) is 5.69 Å². The Hall–Kier alpha value is -2.69. The number of H-pyrrole nitrogens is 1. The van der Waals surface area contributed by atoms with Crippen LogP contribution in [0.4, 0.5) is 5.82 Å². The summed E-state index contributed by atoms with van der Waals surface area (Å²) >= 11 is 0. The molecule has 0 radical (unpaired) electrons. The Labute approximate surface area is 146 Å². The van der Waals surface area contributed by atoms with Crippen LogP contribution in [0.2, 0.25) is 0 Å². The van der Waals surface area contributed by atoms with Crippen LogP contribution >= 0.6 is 0 Å². The number of nitrogens with zero attached hydrogens (tertiary/aromatic N) is 2. The van der Waals surface area contributed by atoms with Crippen molar-refractivity contribution in [2.75, 3.05) is 5.32 Å². The number of anilines is 1. The zero-order valence-corrected chi connectivity index (χ0v) is 14.8. The van der Waals surface area contributed by atoms with Crippen molar-refractivity contribution in [1.82, 2.24) is 15.2 Å². The van der Waals surface area contributed by atoms with E-state index in [4.69, 9.17) is 0 Å². The Bertz CT molecular complexity index is 953. The van der Waals surface area contributed by atoms with Gasteiger partial charge in [0.15, 0.2) is 5.82 Å². The molecule has 2 N–H and O–H groups in total. The lowest BCUT2D eigenvalue weighted by Crippen LogP contribution is -2.17. The average molecular weight is 334 g/mol. The maximum atomic E-state index is 12.9. The van der Waals surface area contributed by atoms with E-state index in [-0.39, 0.29) is 5.91 Å². The van der Waals surface area contributed by atoms with Gasteiger partial charge in [0.2, 0.25) is 0 Å². The number of rotatable bonds is 4. The molecule has 0 spiro atoms. The summed E-state index contributed by atoms with van der Waals surface area (Å²) in [5.74, 6) is 1.19. The third-order valence-electron chi connectivity index (χ3n) is 4.84. The number of para-hydroxylation sites is 1. The van der Waals surface area contributed by atoms with Gasteiger partial charge in [-0.25, -0.2) is 4.98 Å². The van der Waals surface area contributed by atoms with Gasteiger partial charge in [-0.2, -0.15) is 5.10 Å². The van der Waals surface area contributed by atoms with E-state index >= 15 is 0 Å². The van der Waals surface area contributed by atoms with E-state index in [9.17, 15) is 4.79 Å². The summed E-state index contributed by atoms with van der Waals surface area (Å²) in [4.78, 5) is 17.6. The van der Waals surface area contributed by atoms with E-state index in [1.807, 2.05) is 31.2 Å². The van der Waals surface area contributed by atoms with Crippen molar-refractivity contribution >= 4 is 22.6 Å². The average Bonchev–Trinajstić information content (AvgIpc) is 3.38. The number of benzene rings is 1. The molecular formula is C20H22N4O. The highest BCUT2D eigenvalue weighted by Crippen LogP contribution is 2.42. The van der Waals surface area contributed by atoms with Crippen molar-refractivity contribution in [2.45, 2.75) is 45.4 Å². The number of pyridine rings is 1. The zero-order chi connectivity index (χ0) is 17.6. The third-order valence-corrected chi connectivity index (χ3v) is 4.84. The Balaban J connectivity index is 1.71. The first-order valence-corrected chi connectivity index (χ1v) is 8.80. The monoisotopic (exact) mass is 334 g/mol. The van der Waals surface area contributed by atoms with Gasteiger partial charge in [0, 0.05) is 16.6 Å². The van der Waals surface area contributed by atoms with Crippen molar-refractivity contribution in [3.8, 4) is 0 Å². The summed E-state index contributed by atoms with van der Waals surface area (Å²) in [6.45, 7) is 6.18. The minimum atomic E-state index is -0.183. The number of hydrogen-bond donors (Lipinski definition) is 2. The molecule has 0 atom stereocenters. The van der Waals surface area contributed by atoms with Crippen molar-refractivity contribution in [1.29, 1.82) is 0 Å². The maximum Gasteiger partial charge on any atom is 0.275 e. The van der Waals surface area contributed by atoms with Crippen molar-refractivity contribution in [2.24, 2.45) is 0 Å². The van der Waals surface area contributed by atoms with Gasteiger partial charge in [-0.05, 0) is 49.3 Å². The Morgan fingerprint density at radius 2 is 2.04 bits per heavy atom. The third kappa shape index (κ3) is 2.90. The number of carbonyl (C=O) groups excluding carboxylic acids is 1. The first-order valence-electron chi connectivity index (χ1n) is 8.80. The van der Waals surface area contributed by atoms with Gasteiger partial charge >= 0.3 is 0 Å². The highest BCUT2D eigenvalue weighted by molar-refractivity contribution is 6.05. The van der Waals surface area contributed by atoms with Gasteiger partial charge in [-0.1, -0.05) is 32.0 Å². The molecule has 5 heteroatoms. The molecule has 1 saturated carbocycles. The van der Waals surface area contributed by atoms with E-state index in [0.717, 1.165) is 40.6 Å². The predicted octanol–water partition coefficient (Wildman–Crippen LogP) is 4.52. The Kier molecular flexibility index (Phi) is 3.79. The van der Waals surface area contributed by atoms with Gasteiger partial charge in [-0.15, -0.1) is 0 Å². The Morgan fingerprint density at radius 1 is 1.28 bits per heavy atom. The second kappa shape index (κ2) is 5.99. The second-order valence-corrected chi connectivity index (χ2v) is 7.11. The highest BCUT2D eigenvalue weighted by atomic mass is 16.2. The molecule has 25 heavy (non-hydrogen) atoms. The SMILES string of the molecule is Cc1c(NC(=O)c2nc3ccccc3cc2C2CC2)n[nH]c1C(C)C. The molecule has 0 saturated heterocycles. The molecule has 3 aromatic rings. The summed E-state index contributed by atoms with van der Waals surface area (Å²) in [5.41, 5.74) is 4.45. The molecule has 1 aromatic carbocycles. The number of carbonyl (C=O) groups is 1. The van der Waals surface area contributed by atoms with Crippen LogP contribution in [0, 0.1) is 6.92 Å². The van der Waals surface area contributed by atoms with Gasteiger partial charge in [-0.3, -0.25) is 9.89 Å². The maximum absolute atomic E-state index is 12.9. The molecule has 0 aliphatic heterocycles. The molecule has 0 unspecified atom stereocenters. The molecule has 1 fully saturated rings. The van der Waals surface area contributed by atoms with E-state index in [0.29, 0.717) is 23.3 Å². The first-order chi connectivity index (χ1) is 12.0. The number of aromatic nitrogens is 3. The van der Waals surface area contributed by atoms with E-state index in [1.165, 1.54) is 0 Å². The number of aromatic amines is 1. The van der Waals surface area contributed by atoms with Crippen molar-refractivity contribution in [3.05, 3.63) is 52.8 Å². The smallest absolute Gasteiger partial charge is 0.275 e. The number of hydrogen-bond acceptors (Lipinski definition) is 3. The standard InChI is InChI=1S/C20H22N4O/c1-11(2)17-12(3)19(24-23-17)22-20(25)18-15(13-8-9-13)10-14-6-4-5-7-16(14)21-18/h4-7,10-11,13H,8-9H2,1-3H3,(H2,22,23,24,25). The number of fused-ring (bicyclic) bond motifs is 1. The first kappa shape index (κ1) is 15.8. The topological polar surface area (TPSA) is 70.7 Å². The van der Waals surface area contributed by atoms with Crippen LogP contribution in [0.1, 0.15) is 65.8 Å². The lowest BCUT2D eigenvalue weighted by molar-refractivity contribution is 0.102. The van der Waals surface area contributed by atoms with Gasteiger partial charge < -0.3 is 5.32 Å². The molecule has 1 aliphatic carbocycles. The van der Waals surface area contributed by atoms with Crippen LogP contribution in [0.5, 0.6) is 0 Å². The van der Waals surface area contributed by atoms with Crippen LogP contribution in [0.25, 0.3) is 10.9 Å². The molecule has 1 amide bonds. The number of nitrogens with one attached hydrogen (secondary N) is 2. The largest absolute Gasteiger partial charge is 0.303 e. The summed E-state index contributed by atoms with van der Waals surface area (Å²) < 4.78 is 0. The fourth-order valence-corrected chi connectivity index (χ4v) is 3.28. The molecular weight excluding hydrogens is 312 g/mol. The molecule has 2 aromatic heterocycles. The minimum Gasteiger partial charge on any atom is -0.303 e. The van der Waals surface area contributed by atoms with Crippen LogP contribution in [0.3, 0.4) is 0 Å². The minimum absolute atomic E-state index is 0.183. The van der Waals surface area contributed by atoms with Crippen LogP contribution in [-0.4, -0.2) is 21.1 Å². The zero-order valence-electron chi connectivity index (χ0n) is 14.8. The normalized spacial score (nSPS) is 14.2. The molecule has 0 bridgehead atoms. The van der Waals surface area contributed by atoms with Gasteiger partial charge in [0.05, 0.1) is 5.52 Å². The van der Waals surface area contributed by atoms with Crippen molar-refractivity contribution < 1.29 is 4.79 Å². The molecule has 5 nitrogen and oxygen atoms in total. The van der Waals surface area contributed by atoms with Crippen LogP contribution in [-0.2, 0) is 0 Å². The summed E-state index contributed by atoms with van der Waals surface area (Å²) in [7, 11) is 0. The van der Waals surface area contributed by atoms with E-state index in [1.54, 1.807) is 0 Å². The van der Waals surface area contributed by atoms with Crippen LogP contribution < -0.4 is 5.32 Å². The molecule has 128 valence electrons. The molecule has 2 heterocycles. The fraction of sp³-hybridized carbons (Fsp3) is 0.350. The van der Waals surface area contributed by atoms with E-state index < -0.39 is 0 Å². The predicted molar refractivity (Wildman–Crippen MR) is 99.1 cm³/mol. The quantitative estimate of drug-likeness (QED) is 0.737. The summed E-state index contributed by atoms with van der Waals surface area (Å²) in [5, 5.41) is 11.3. The summed E-state index contributed by atoms with van der Waals surface area (Å²) in [6, 6.07) is 10.1. The van der Waals surface area contributed by atoms with Crippen molar-refractivity contribution in [3.63, 3.8) is 0 Å². The second-order valence-electron chi connectivity index (χ2n) is 7.11. The number of amides is 1. The Morgan fingerprint density at radius 3 is 2.72 bits per heavy atom. The van der Waals surface area contributed by atoms with Crippen LogP contribution in [0.15, 0.2) is 30.3 Å². The summed E-state index contributed by atoms with van der Waals surface area (Å²) in [6.07, 6.45) is 2.25. The lowest BCUT2D eigenvalue weighted by Gasteiger charge is -2.10. The van der Waals surface area contributed by atoms with E-state index in [2.05, 4.69) is 40.4 Å². The van der Waals surface area contributed by atoms with Gasteiger partial charge in [0.25, 0.3) is 5.91 Å². The fourth-order valence-electron chi connectivity index (χ4n) is 3.28. The molecule has 1 aliphatic rings. The molecule has 4 rings (SSSR count). The highest BCUT2D eigenvalue weighted by Gasteiger charge is 2.30.